The van der Waals surface area contributed by atoms with Gasteiger partial charge in [-0.05, 0) is 71.4 Å². The number of likely N-dealkylation sites (tertiary alicyclic amines) is 1. The van der Waals surface area contributed by atoms with E-state index < -0.39 is 0 Å². The standard InChI is InChI=1S/C31H39N7O2/c1-18-28(19(2)40-37-18)24-15-25-23(16-27(24)39-5)29-30(35-25)33-20(3)34-31(29)36-26(21-9-7-6-8-10-21)17-32-22-11-13-38(4)14-12-22/h6-10,15-16,20,22,26,32-33,35H,11-14,17H2,1-5H3,(H,34,36)/t20?,26-/m1/s1. The summed E-state index contributed by atoms with van der Waals surface area (Å²) in [6.07, 6.45) is 2.25. The van der Waals surface area contributed by atoms with E-state index in [4.69, 9.17) is 14.3 Å². The van der Waals surface area contributed by atoms with Crippen LogP contribution in [0, 0.1) is 13.8 Å². The highest BCUT2D eigenvalue weighted by Gasteiger charge is 2.28. The highest BCUT2D eigenvalue weighted by molar-refractivity contribution is 6.16. The summed E-state index contributed by atoms with van der Waals surface area (Å²) >= 11 is 0. The molecule has 1 unspecified atom stereocenters. The SMILES string of the molecule is COc1cc2c3c([nH]c2cc1-c1c(C)noc1C)NC(C)N=C3N[C@H](CNC1CCN(C)CC1)c1ccccc1. The number of anilines is 1. The second kappa shape index (κ2) is 11.0. The zero-order valence-corrected chi connectivity index (χ0v) is 24.0. The number of nitrogens with zero attached hydrogens (tertiary/aromatic N) is 3. The monoisotopic (exact) mass is 541 g/mol. The van der Waals surface area contributed by atoms with E-state index in [1.165, 1.54) is 18.4 Å². The van der Waals surface area contributed by atoms with Crippen LogP contribution in [0.1, 0.15) is 48.4 Å². The number of fused-ring (bicyclic) bond motifs is 3. The summed E-state index contributed by atoms with van der Waals surface area (Å²) in [6, 6.07) is 15.4. The van der Waals surface area contributed by atoms with E-state index in [0.29, 0.717) is 6.04 Å². The van der Waals surface area contributed by atoms with Crippen molar-refractivity contribution in [3.63, 3.8) is 0 Å². The molecule has 2 aliphatic rings. The molecule has 2 atom stereocenters. The number of amidine groups is 1. The Balaban J connectivity index is 1.36. The third-order valence-electron chi connectivity index (χ3n) is 8.18. The van der Waals surface area contributed by atoms with Gasteiger partial charge in [0.15, 0.2) is 0 Å². The average Bonchev–Trinajstić information content (AvgIpc) is 3.49. The van der Waals surface area contributed by atoms with Gasteiger partial charge in [-0.1, -0.05) is 35.5 Å². The first-order valence-electron chi connectivity index (χ1n) is 14.2. The number of aromatic amines is 1. The molecule has 0 amide bonds. The van der Waals surface area contributed by atoms with E-state index in [1.54, 1.807) is 7.11 Å². The fourth-order valence-corrected chi connectivity index (χ4v) is 6.02. The molecule has 1 saturated heterocycles. The number of ether oxygens (including phenoxy) is 1. The van der Waals surface area contributed by atoms with Crippen LogP contribution in [-0.2, 0) is 0 Å². The van der Waals surface area contributed by atoms with Gasteiger partial charge in [0.25, 0.3) is 0 Å². The molecule has 2 aromatic heterocycles. The first-order valence-corrected chi connectivity index (χ1v) is 14.2. The maximum Gasteiger partial charge on any atom is 0.141 e. The molecular formula is C31H39N7O2. The summed E-state index contributed by atoms with van der Waals surface area (Å²) in [6.45, 7) is 9.04. The van der Waals surface area contributed by atoms with E-state index in [0.717, 1.165) is 76.1 Å². The molecule has 0 saturated carbocycles. The molecule has 6 rings (SSSR count). The number of nitrogens with one attached hydrogen (secondary N) is 4. The maximum atomic E-state index is 5.89. The summed E-state index contributed by atoms with van der Waals surface area (Å²) in [7, 11) is 3.90. The Morgan fingerprint density at radius 2 is 1.90 bits per heavy atom. The van der Waals surface area contributed by atoms with E-state index in [9.17, 15) is 0 Å². The third-order valence-corrected chi connectivity index (χ3v) is 8.18. The Morgan fingerprint density at radius 1 is 1.12 bits per heavy atom. The molecule has 9 heteroatoms. The van der Waals surface area contributed by atoms with Crippen LogP contribution in [0.3, 0.4) is 0 Å². The molecule has 40 heavy (non-hydrogen) atoms. The number of aromatic nitrogens is 2. The Kier molecular flexibility index (Phi) is 7.25. The molecule has 0 radical (unpaired) electrons. The second-order valence-corrected chi connectivity index (χ2v) is 11.1. The second-order valence-electron chi connectivity index (χ2n) is 11.1. The number of piperidine rings is 1. The van der Waals surface area contributed by atoms with Gasteiger partial charge in [-0.15, -0.1) is 0 Å². The largest absolute Gasteiger partial charge is 0.496 e. The van der Waals surface area contributed by atoms with Gasteiger partial charge in [-0.25, -0.2) is 4.99 Å². The Hall–Kier alpha value is -3.82. The normalized spacial score (nSPS) is 18.7. The zero-order valence-electron chi connectivity index (χ0n) is 24.0. The number of aliphatic imine (C=N–C) groups is 1. The summed E-state index contributed by atoms with van der Waals surface area (Å²) in [5, 5.41) is 16.4. The Morgan fingerprint density at radius 3 is 2.60 bits per heavy atom. The summed E-state index contributed by atoms with van der Waals surface area (Å²) in [5.41, 5.74) is 6.01. The first-order chi connectivity index (χ1) is 19.4. The van der Waals surface area contributed by atoms with Gasteiger partial charge in [0.05, 0.1) is 30.0 Å². The highest BCUT2D eigenvalue weighted by atomic mass is 16.5. The number of methoxy groups -OCH3 is 1. The molecule has 9 nitrogen and oxygen atoms in total. The third kappa shape index (κ3) is 5.07. The lowest BCUT2D eigenvalue weighted by atomic mass is 9.99. The Labute approximate surface area is 235 Å². The van der Waals surface area contributed by atoms with Crippen LogP contribution in [0.15, 0.2) is 52.0 Å². The van der Waals surface area contributed by atoms with Crippen LogP contribution in [0.25, 0.3) is 22.0 Å². The number of H-pyrrole nitrogens is 1. The van der Waals surface area contributed by atoms with Gasteiger partial charge in [-0.2, -0.15) is 0 Å². The van der Waals surface area contributed by atoms with E-state index in [2.05, 4.69) is 87.4 Å². The van der Waals surface area contributed by atoms with E-state index >= 15 is 0 Å². The van der Waals surface area contributed by atoms with Gasteiger partial charge in [-0.3, -0.25) is 0 Å². The highest BCUT2D eigenvalue weighted by Crippen LogP contribution is 2.40. The predicted octanol–water partition coefficient (Wildman–Crippen LogP) is 4.98. The van der Waals surface area contributed by atoms with Crippen molar-refractivity contribution < 1.29 is 9.26 Å². The van der Waals surface area contributed by atoms with Crippen molar-refractivity contribution in [2.24, 2.45) is 4.99 Å². The summed E-state index contributed by atoms with van der Waals surface area (Å²) < 4.78 is 11.4. The van der Waals surface area contributed by atoms with Crippen LogP contribution in [0.4, 0.5) is 5.82 Å². The molecule has 4 N–H and O–H groups in total. The lowest BCUT2D eigenvalue weighted by Gasteiger charge is -2.32. The van der Waals surface area contributed by atoms with Crippen LogP contribution < -0.4 is 20.7 Å². The fraction of sp³-hybridized carbons (Fsp3) is 0.419. The van der Waals surface area contributed by atoms with Gasteiger partial charge in [0.2, 0.25) is 0 Å². The van der Waals surface area contributed by atoms with Crippen molar-refractivity contribution >= 4 is 22.6 Å². The van der Waals surface area contributed by atoms with Crippen LogP contribution in [0.5, 0.6) is 5.75 Å². The van der Waals surface area contributed by atoms with Crippen molar-refractivity contribution in [3.05, 3.63) is 65.0 Å². The molecule has 0 spiro atoms. The number of hydrogen-bond acceptors (Lipinski definition) is 8. The molecule has 0 bridgehead atoms. The first kappa shape index (κ1) is 26.4. The molecule has 2 aromatic carbocycles. The minimum absolute atomic E-state index is 0.0613. The van der Waals surface area contributed by atoms with Crippen molar-refractivity contribution in [2.75, 3.05) is 39.1 Å². The Bertz CT molecular complexity index is 1500. The van der Waals surface area contributed by atoms with Crippen LogP contribution in [0.2, 0.25) is 0 Å². The topological polar surface area (TPSA) is 103 Å². The van der Waals surface area contributed by atoms with Gasteiger partial charge >= 0.3 is 0 Å². The predicted molar refractivity (Wildman–Crippen MR) is 160 cm³/mol. The quantitative estimate of drug-likeness (QED) is 0.262. The molecule has 4 aromatic rings. The van der Waals surface area contributed by atoms with Crippen molar-refractivity contribution in [1.82, 2.24) is 25.7 Å². The smallest absolute Gasteiger partial charge is 0.141 e. The maximum absolute atomic E-state index is 5.89. The number of aryl methyl sites for hydroxylation is 2. The minimum atomic E-state index is -0.0785. The van der Waals surface area contributed by atoms with Gasteiger partial charge in [0.1, 0.15) is 29.3 Å². The van der Waals surface area contributed by atoms with Crippen molar-refractivity contribution in [1.29, 1.82) is 0 Å². The fourth-order valence-electron chi connectivity index (χ4n) is 6.02. The van der Waals surface area contributed by atoms with E-state index in [1.807, 2.05) is 13.8 Å². The number of benzene rings is 2. The lowest BCUT2D eigenvalue weighted by molar-refractivity contribution is 0.232. The van der Waals surface area contributed by atoms with Gasteiger partial charge < -0.3 is 35.1 Å². The molecule has 210 valence electrons. The minimum Gasteiger partial charge on any atom is -0.496 e. The van der Waals surface area contributed by atoms with Gasteiger partial charge in [0, 0.05) is 29.1 Å². The van der Waals surface area contributed by atoms with Crippen molar-refractivity contribution in [3.8, 4) is 16.9 Å². The lowest BCUT2D eigenvalue weighted by Crippen LogP contribution is -2.45. The molecule has 0 aliphatic carbocycles. The number of rotatable bonds is 7. The van der Waals surface area contributed by atoms with Crippen LogP contribution >= 0.6 is 0 Å². The van der Waals surface area contributed by atoms with Crippen LogP contribution in [-0.4, -0.2) is 66.9 Å². The zero-order chi connectivity index (χ0) is 27.8. The summed E-state index contributed by atoms with van der Waals surface area (Å²) in [5.74, 6) is 3.36. The molecule has 1 fully saturated rings. The molecule has 4 heterocycles. The number of hydrogen-bond donors (Lipinski definition) is 4. The van der Waals surface area contributed by atoms with Crippen molar-refractivity contribution in [2.45, 2.75) is 51.9 Å². The summed E-state index contributed by atoms with van der Waals surface area (Å²) in [4.78, 5) is 11.1. The van der Waals surface area contributed by atoms with E-state index in [-0.39, 0.29) is 12.2 Å². The average molecular weight is 542 g/mol. The molecular weight excluding hydrogens is 502 g/mol. The molecule has 2 aliphatic heterocycles.